The molecule has 0 aliphatic carbocycles. The van der Waals surface area contributed by atoms with Crippen LogP contribution in [0.2, 0.25) is 23.2 Å². The van der Waals surface area contributed by atoms with Crippen LogP contribution in [-0.4, -0.2) is 44.5 Å². The van der Waals surface area contributed by atoms with Crippen molar-refractivity contribution in [3.8, 4) is 0 Å². The van der Waals surface area contributed by atoms with Gasteiger partial charge in [0.05, 0.1) is 23.4 Å². The summed E-state index contributed by atoms with van der Waals surface area (Å²) in [5.74, 6) is 0. The zero-order valence-electron chi connectivity index (χ0n) is 22.7. The van der Waals surface area contributed by atoms with Crippen molar-refractivity contribution in [2.45, 2.75) is 81.3 Å². The minimum absolute atomic E-state index is 0.0157. The van der Waals surface area contributed by atoms with Crippen LogP contribution < -0.4 is 10.4 Å². The van der Waals surface area contributed by atoms with E-state index < -0.39 is 16.6 Å². The molecule has 2 atom stereocenters. The molecule has 35 heavy (non-hydrogen) atoms. The van der Waals surface area contributed by atoms with Crippen LogP contribution >= 0.6 is 45.2 Å². The molecular weight excluding hydrogens is 694 g/mol. The predicted molar refractivity (Wildman–Crippen MR) is 173 cm³/mol. The normalized spacial score (nSPS) is 15.1. The highest BCUT2D eigenvalue weighted by molar-refractivity contribution is 14.1. The fraction of sp³-hybridized carbons (Fsp3) is 0.571. The smallest absolute Gasteiger partial charge is 0.261 e. The molecule has 0 bridgehead atoms. The first-order chi connectivity index (χ1) is 16.2. The van der Waals surface area contributed by atoms with Crippen LogP contribution in [0.1, 0.15) is 48.0 Å². The Morgan fingerprint density at radius 1 is 0.800 bits per heavy atom. The lowest BCUT2D eigenvalue weighted by atomic mass is 10.2. The third-order valence-corrected chi connectivity index (χ3v) is 18.2. The average Bonchev–Trinajstić information content (AvgIpc) is 2.77. The van der Waals surface area contributed by atoms with Crippen LogP contribution in [0.25, 0.3) is 0 Å². The molecule has 196 valence electrons. The van der Waals surface area contributed by atoms with E-state index in [1.54, 1.807) is 0 Å². The van der Waals surface area contributed by atoms with Crippen LogP contribution in [0, 0.1) is 0 Å². The minimum atomic E-state index is -2.60. The summed E-state index contributed by atoms with van der Waals surface area (Å²) in [7, 11) is -4.45. The van der Waals surface area contributed by atoms with Gasteiger partial charge in [-0.3, -0.25) is 0 Å². The van der Waals surface area contributed by atoms with E-state index in [0.29, 0.717) is 6.61 Å². The summed E-state index contributed by atoms with van der Waals surface area (Å²) < 4.78 is 21.3. The highest BCUT2D eigenvalue weighted by Gasteiger charge is 2.50. The molecule has 7 heteroatoms. The lowest BCUT2D eigenvalue weighted by Crippen LogP contribution is -2.67. The lowest BCUT2D eigenvalue weighted by molar-refractivity contribution is 0.0110. The molecule has 0 spiro atoms. The maximum atomic E-state index is 7.19. The molecule has 0 aliphatic rings. The Kier molecular flexibility index (Phi) is 12.0. The highest BCUT2D eigenvalue weighted by atomic mass is 127. The molecule has 0 aliphatic heterocycles. The van der Waals surface area contributed by atoms with Gasteiger partial charge in [-0.1, -0.05) is 147 Å². The van der Waals surface area contributed by atoms with E-state index in [0.717, 1.165) is 17.5 Å². The number of benzene rings is 2. The Bertz CT molecular complexity index is 841. The second-order valence-corrected chi connectivity index (χ2v) is 23.2. The predicted octanol–water partition coefficient (Wildman–Crippen LogP) is 7.56. The molecule has 0 aromatic heterocycles. The molecule has 0 heterocycles. The molecule has 0 fully saturated rings. The average molecular weight is 739 g/mol. The van der Waals surface area contributed by atoms with Crippen molar-refractivity contribution in [2.24, 2.45) is 0 Å². The van der Waals surface area contributed by atoms with Crippen LogP contribution in [0.15, 0.2) is 60.7 Å². The number of ether oxygens (including phenoxy) is 1. The number of hydrogen-bond donors (Lipinski definition) is 0. The van der Waals surface area contributed by atoms with Gasteiger partial charge in [0.2, 0.25) is 0 Å². The second kappa shape index (κ2) is 13.3. The Morgan fingerprint density at radius 3 is 1.69 bits per heavy atom. The second-order valence-electron chi connectivity index (χ2n) is 11.7. The van der Waals surface area contributed by atoms with Gasteiger partial charge in [0.1, 0.15) is 0 Å². The van der Waals surface area contributed by atoms with Crippen molar-refractivity contribution in [2.75, 3.05) is 17.6 Å². The molecular formula is C28H44I2O3Si2. The summed E-state index contributed by atoms with van der Waals surface area (Å²) in [6, 6.07) is 21.7. The van der Waals surface area contributed by atoms with Gasteiger partial charge in [0, 0.05) is 10.8 Å². The molecule has 0 radical (unpaired) electrons. The zero-order chi connectivity index (χ0) is 26.3. The first-order valence-electron chi connectivity index (χ1n) is 12.5. The monoisotopic (exact) mass is 738 g/mol. The topological polar surface area (TPSA) is 27.7 Å². The van der Waals surface area contributed by atoms with E-state index >= 15 is 0 Å². The fourth-order valence-corrected chi connectivity index (χ4v) is 12.5. The molecule has 0 N–H and O–H groups in total. The molecule has 2 rings (SSSR count). The summed E-state index contributed by atoms with van der Waals surface area (Å²) in [6.07, 6.45) is 0.806. The third-order valence-electron chi connectivity index (χ3n) is 7.01. The van der Waals surface area contributed by atoms with Crippen molar-refractivity contribution < 1.29 is 13.6 Å². The van der Waals surface area contributed by atoms with E-state index in [2.05, 4.69) is 160 Å². The Morgan fingerprint density at radius 2 is 1.29 bits per heavy atom. The van der Waals surface area contributed by atoms with Gasteiger partial charge >= 0.3 is 0 Å². The van der Waals surface area contributed by atoms with Gasteiger partial charge in [-0.2, -0.15) is 0 Å². The number of alkyl halides is 2. The maximum absolute atomic E-state index is 7.19. The Hall–Kier alpha value is 0.214. The van der Waals surface area contributed by atoms with E-state index in [4.69, 9.17) is 13.6 Å². The molecule has 0 amide bonds. The SMILES string of the molecule is CC(C)(C)[Si](C)(C)OC(I)CC(CO[Si](c1ccccc1)(c1ccccc1)C(C)(C)C)OCCI. The van der Waals surface area contributed by atoms with Gasteiger partial charge < -0.3 is 13.6 Å². The van der Waals surface area contributed by atoms with Crippen LogP contribution in [-0.2, 0) is 13.6 Å². The number of halogens is 2. The standard InChI is InChI=1S/C28H44I2O3Si2/c1-27(2,3)34(7,8)33-26(30)21-23(31-20-19-29)22-32-35(28(4,5)6,24-15-11-9-12-16-24)25-17-13-10-14-18-25/h9-18,23,26H,19-22H2,1-8H3. The first kappa shape index (κ1) is 31.4. The number of rotatable bonds is 12. The molecule has 3 nitrogen and oxygen atoms in total. The molecule has 0 saturated carbocycles. The summed E-state index contributed by atoms with van der Waals surface area (Å²) in [5.41, 5.74) is 0. The van der Waals surface area contributed by atoms with Crippen LogP contribution in [0.5, 0.6) is 0 Å². The summed E-state index contributed by atoms with van der Waals surface area (Å²) >= 11 is 4.84. The Labute approximate surface area is 243 Å². The van der Waals surface area contributed by atoms with Crippen molar-refractivity contribution in [3.05, 3.63) is 60.7 Å². The summed E-state index contributed by atoms with van der Waals surface area (Å²) in [6.45, 7) is 19.8. The van der Waals surface area contributed by atoms with Gasteiger partial charge in [-0.15, -0.1) is 0 Å². The van der Waals surface area contributed by atoms with Crippen LogP contribution in [0.3, 0.4) is 0 Å². The van der Waals surface area contributed by atoms with E-state index in [1.807, 2.05) is 0 Å². The van der Waals surface area contributed by atoms with Crippen LogP contribution in [0.4, 0.5) is 0 Å². The van der Waals surface area contributed by atoms with Gasteiger partial charge in [0.25, 0.3) is 8.32 Å². The third kappa shape index (κ3) is 8.35. The lowest BCUT2D eigenvalue weighted by Gasteiger charge is -2.44. The minimum Gasteiger partial charge on any atom is -0.405 e. The van der Waals surface area contributed by atoms with Crippen molar-refractivity contribution in [1.82, 2.24) is 0 Å². The molecule has 2 aromatic carbocycles. The van der Waals surface area contributed by atoms with Gasteiger partial charge in [-0.25, -0.2) is 0 Å². The largest absolute Gasteiger partial charge is 0.405 e. The summed E-state index contributed by atoms with van der Waals surface area (Å²) in [4.78, 5) is 0. The van der Waals surface area contributed by atoms with Gasteiger partial charge in [0.15, 0.2) is 8.32 Å². The van der Waals surface area contributed by atoms with Crippen molar-refractivity contribution in [3.63, 3.8) is 0 Å². The van der Waals surface area contributed by atoms with Crippen molar-refractivity contribution in [1.29, 1.82) is 0 Å². The quantitative estimate of drug-likeness (QED) is 0.128. The summed E-state index contributed by atoms with van der Waals surface area (Å²) in [5, 5.41) is 2.73. The van der Waals surface area contributed by atoms with E-state index in [1.165, 1.54) is 10.4 Å². The fourth-order valence-electron chi connectivity index (χ4n) is 4.13. The maximum Gasteiger partial charge on any atom is 0.261 e. The number of hydrogen-bond acceptors (Lipinski definition) is 3. The first-order valence-corrected chi connectivity index (χ1v) is 20.1. The van der Waals surface area contributed by atoms with Gasteiger partial charge in [-0.05, 0) is 33.5 Å². The molecule has 0 saturated heterocycles. The highest BCUT2D eigenvalue weighted by Crippen LogP contribution is 2.39. The molecule has 2 aromatic rings. The Balaban J connectivity index is 2.37. The zero-order valence-corrected chi connectivity index (χ0v) is 29.1. The van der Waals surface area contributed by atoms with E-state index in [9.17, 15) is 0 Å². The molecule has 2 unspecified atom stereocenters. The van der Waals surface area contributed by atoms with E-state index in [-0.39, 0.29) is 20.3 Å². The van der Waals surface area contributed by atoms with Crippen molar-refractivity contribution >= 4 is 72.2 Å².